The van der Waals surface area contributed by atoms with Gasteiger partial charge in [0.25, 0.3) is 0 Å². The number of hydrogen-bond acceptors (Lipinski definition) is 6. The van der Waals surface area contributed by atoms with E-state index in [2.05, 4.69) is 4.72 Å². The number of aliphatic hydroxyl groups is 1. The van der Waals surface area contributed by atoms with Crippen LogP contribution in [-0.4, -0.2) is 40.7 Å². The Labute approximate surface area is 191 Å². The van der Waals surface area contributed by atoms with E-state index in [0.29, 0.717) is 21.4 Å². The van der Waals surface area contributed by atoms with Crippen LogP contribution in [0.2, 0.25) is 5.02 Å². The van der Waals surface area contributed by atoms with Gasteiger partial charge in [0.1, 0.15) is 9.92 Å². The summed E-state index contributed by atoms with van der Waals surface area (Å²) in [6, 6.07) is 20.3. The van der Waals surface area contributed by atoms with E-state index in [1.54, 1.807) is 24.3 Å². The van der Waals surface area contributed by atoms with Crippen LogP contribution < -0.4 is 14.4 Å². The van der Waals surface area contributed by atoms with Crippen molar-refractivity contribution in [3.05, 3.63) is 77.8 Å². The first-order valence-electron chi connectivity index (χ1n) is 10.2. The predicted molar refractivity (Wildman–Crippen MR) is 123 cm³/mol. The minimum absolute atomic E-state index is 0.134. The Balaban J connectivity index is 1.46. The number of anilines is 2. The van der Waals surface area contributed by atoms with Crippen molar-refractivity contribution >= 4 is 32.9 Å². The topological polar surface area (TPSA) is 94.9 Å². The molecule has 2 aliphatic rings. The average Bonchev–Trinajstić information content (AvgIpc) is 2.79. The first-order valence-corrected chi connectivity index (χ1v) is 12.1. The number of nitrogens with zero attached hydrogens (tertiary/aromatic N) is 1. The van der Waals surface area contributed by atoms with Crippen molar-refractivity contribution in [2.75, 3.05) is 18.1 Å². The summed E-state index contributed by atoms with van der Waals surface area (Å²) in [6.45, 7) is 0.400. The largest absolute Gasteiger partial charge is 0.453 e. The quantitative estimate of drug-likeness (QED) is 0.526. The molecule has 0 bridgehead atoms. The van der Waals surface area contributed by atoms with Crippen molar-refractivity contribution in [2.24, 2.45) is 0 Å². The first kappa shape index (κ1) is 21.2. The van der Waals surface area contributed by atoms with E-state index in [0.717, 1.165) is 11.4 Å². The van der Waals surface area contributed by atoms with Gasteiger partial charge in [-0.25, -0.2) is 13.7 Å². The van der Waals surface area contributed by atoms with Crippen molar-refractivity contribution < 1.29 is 18.8 Å². The third-order valence-corrected chi connectivity index (χ3v) is 7.48. The molecule has 7 nitrogen and oxygen atoms in total. The van der Waals surface area contributed by atoms with Crippen LogP contribution in [0.15, 0.2) is 77.7 Å². The Morgan fingerprint density at radius 3 is 2.19 bits per heavy atom. The van der Waals surface area contributed by atoms with Crippen LogP contribution in [0, 0.1) is 4.78 Å². The van der Waals surface area contributed by atoms with Crippen LogP contribution in [0.25, 0.3) is 0 Å². The van der Waals surface area contributed by atoms with Gasteiger partial charge >= 0.3 is 0 Å². The molecule has 1 fully saturated rings. The second kappa shape index (κ2) is 8.38. The molecule has 9 heteroatoms. The summed E-state index contributed by atoms with van der Waals surface area (Å²) in [5.74, 6) is 1.36. The fourth-order valence-corrected chi connectivity index (χ4v) is 5.53. The van der Waals surface area contributed by atoms with Gasteiger partial charge in [-0.1, -0.05) is 35.9 Å². The van der Waals surface area contributed by atoms with E-state index in [-0.39, 0.29) is 13.2 Å². The molecule has 32 heavy (non-hydrogen) atoms. The Hall–Kier alpha value is -2.62. The van der Waals surface area contributed by atoms with Crippen LogP contribution in [0.5, 0.6) is 11.5 Å². The van der Waals surface area contributed by atoms with Crippen LogP contribution >= 0.6 is 11.6 Å². The van der Waals surface area contributed by atoms with Crippen LogP contribution in [0.4, 0.5) is 11.4 Å². The van der Waals surface area contributed by atoms with Crippen molar-refractivity contribution in [3.8, 4) is 11.5 Å². The maximum atomic E-state index is 13.1. The lowest BCUT2D eigenvalue weighted by molar-refractivity contribution is -0.0242. The van der Waals surface area contributed by atoms with Crippen LogP contribution in [0.3, 0.4) is 0 Å². The Morgan fingerprint density at radius 1 is 0.969 bits per heavy atom. The molecule has 2 heterocycles. The summed E-state index contributed by atoms with van der Waals surface area (Å²) in [4.78, 5) is 2.29. The number of rotatable bonds is 4. The molecule has 0 radical (unpaired) electrons. The number of halogens is 1. The zero-order valence-corrected chi connectivity index (χ0v) is 18.6. The van der Waals surface area contributed by atoms with E-state index >= 15 is 0 Å². The number of hydrogen-bond donors (Lipinski definition) is 3. The summed E-state index contributed by atoms with van der Waals surface area (Å²) < 4.78 is 36.2. The highest BCUT2D eigenvalue weighted by Crippen LogP contribution is 2.48. The van der Waals surface area contributed by atoms with Crippen molar-refractivity contribution in [2.45, 2.75) is 23.1 Å². The molecule has 2 aliphatic heterocycles. The van der Waals surface area contributed by atoms with Crippen molar-refractivity contribution in [1.82, 2.24) is 4.72 Å². The van der Waals surface area contributed by atoms with Gasteiger partial charge in [-0.15, -0.1) is 0 Å². The van der Waals surface area contributed by atoms with Crippen molar-refractivity contribution in [1.29, 1.82) is 4.78 Å². The molecule has 1 saturated heterocycles. The van der Waals surface area contributed by atoms with E-state index in [4.69, 9.17) is 25.9 Å². The summed E-state index contributed by atoms with van der Waals surface area (Å²) >= 11 is 5.91. The lowest BCUT2D eigenvalue weighted by atomic mass is 9.98. The minimum atomic E-state index is -3.38. The molecule has 3 N–H and O–H groups in total. The minimum Gasteiger partial charge on any atom is -0.453 e. The Bertz CT molecular complexity index is 1190. The molecular weight excluding hydrogens is 450 g/mol. The monoisotopic (exact) mass is 471 g/mol. The summed E-state index contributed by atoms with van der Waals surface area (Å²) in [5.41, 5.74) is 1.62. The summed E-state index contributed by atoms with van der Waals surface area (Å²) in [5, 5.41) is 11.8. The highest BCUT2D eigenvalue weighted by atomic mass is 35.5. The molecular formula is C23H22ClN3O4S. The Morgan fingerprint density at radius 2 is 1.56 bits per heavy atom. The molecule has 0 amide bonds. The third-order valence-electron chi connectivity index (χ3n) is 5.66. The normalized spacial score (nSPS) is 24.1. The number of aliphatic hydroxyl groups excluding tert-OH is 1. The van der Waals surface area contributed by atoms with Gasteiger partial charge in [-0.2, -0.15) is 0 Å². The zero-order valence-electron chi connectivity index (χ0n) is 17.0. The lowest BCUT2D eigenvalue weighted by Gasteiger charge is -2.44. The standard InChI is InChI=1S/C23H22ClN3O4S/c24-15-9-11-16(12-10-15)32(25,29)26-17-13-30-14-20(23(17)28)27-18-5-1-3-7-21(18)31-22-8-4-2-6-19(22)27/h1-12,17,20,23,28H,13-14H2,(H2,25,26,29). The van der Waals surface area contributed by atoms with Crippen LogP contribution in [0.1, 0.15) is 0 Å². The van der Waals surface area contributed by atoms with Gasteiger partial charge in [-0.05, 0) is 48.5 Å². The van der Waals surface area contributed by atoms with Gasteiger partial charge in [-0.3, -0.25) is 0 Å². The van der Waals surface area contributed by atoms with Crippen LogP contribution in [-0.2, 0) is 14.7 Å². The smallest absolute Gasteiger partial charge is 0.151 e. The lowest BCUT2D eigenvalue weighted by Crippen LogP contribution is -2.60. The van der Waals surface area contributed by atoms with Gasteiger partial charge in [0.15, 0.2) is 11.5 Å². The van der Waals surface area contributed by atoms with Gasteiger partial charge in [0.05, 0.1) is 47.7 Å². The summed E-state index contributed by atoms with van der Waals surface area (Å²) in [7, 11) is -3.38. The highest BCUT2D eigenvalue weighted by molar-refractivity contribution is 7.90. The average molecular weight is 472 g/mol. The maximum absolute atomic E-state index is 13.1. The first-order chi connectivity index (χ1) is 15.4. The molecule has 0 spiro atoms. The molecule has 0 saturated carbocycles. The van der Waals surface area contributed by atoms with Gasteiger partial charge < -0.3 is 19.5 Å². The second-order valence-electron chi connectivity index (χ2n) is 7.74. The Kier molecular flexibility index (Phi) is 5.56. The summed E-state index contributed by atoms with van der Waals surface area (Å²) in [6.07, 6.45) is -0.957. The molecule has 4 atom stereocenters. The second-order valence-corrected chi connectivity index (χ2v) is 9.99. The predicted octanol–water partition coefficient (Wildman–Crippen LogP) is 4.32. The molecule has 0 aliphatic carbocycles. The van der Waals surface area contributed by atoms with E-state index in [1.807, 2.05) is 53.4 Å². The number of para-hydroxylation sites is 4. The SMILES string of the molecule is N=S(=O)(NC1COCC(N2c3ccccc3Oc3ccccc32)C1O)c1ccc(Cl)cc1. The number of fused-ring (bicyclic) bond motifs is 2. The molecule has 4 unspecified atom stereocenters. The third kappa shape index (κ3) is 3.85. The molecule has 5 rings (SSSR count). The fraction of sp³-hybridized carbons (Fsp3) is 0.217. The van der Waals surface area contributed by atoms with Gasteiger partial charge in [0, 0.05) is 5.02 Å². The zero-order chi connectivity index (χ0) is 22.3. The molecule has 3 aromatic carbocycles. The fourth-order valence-electron chi connectivity index (χ4n) is 4.11. The van der Waals surface area contributed by atoms with E-state index in [1.165, 1.54) is 0 Å². The maximum Gasteiger partial charge on any atom is 0.151 e. The van der Waals surface area contributed by atoms with Gasteiger partial charge in [0.2, 0.25) is 0 Å². The number of nitrogens with one attached hydrogen (secondary N) is 2. The number of benzene rings is 3. The molecule has 3 aromatic rings. The van der Waals surface area contributed by atoms with E-state index in [9.17, 15) is 9.32 Å². The highest BCUT2D eigenvalue weighted by Gasteiger charge is 2.41. The number of ether oxygens (including phenoxy) is 2. The molecule has 166 valence electrons. The van der Waals surface area contributed by atoms with Crippen molar-refractivity contribution in [3.63, 3.8) is 0 Å². The van der Waals surface area contributed by atoms with E-state index < -0.39 is 28.1 Å². The molecule has 0 aromatic heterocycles.